The predicted molar refractivity (Wildman–Crippen MR) is 43.6 cm³/mol. The molecule has 1 saturated heterocycles. The van der Waals surface area contributed by atoms with Crippen LogP contribution in [0, 0.1) is 0 Å². The summed E-state index contributed by atoms with van der Waals surface area (Å²) in [5.41, 5.74) is 5.32. The molecule has 2 heterocycles. The summed E-state index contributed by atoms with van der Waals surface area (Å²) in [7, 11) is 0. The molecule has 5 heteroatoms. The molecule has 0 radical (unpaired) electrons. The van der Waals surface area contributed by atoms with Crippen LogP contribution in [0.1, 0.15) is 24.7 Å². The number of rotatable bonds is 1. The number of nitrogens with two attached hydrogens (primary N) is 1. The van der Waals surface area contributed by atoms with Gasteiger partial charge in [-0.1, -0.05) is 5.10 Å². The maximum absolute atomic E-state index is 5.32. The van der Waals surface area contributed by atoms with Gasteiger partial charge in [-0.25, -0.2) is 0 Å². The zero-order chi connectivity index (χ0) is 8.39. The Kier molecular flexibility index (Phi) is 1.95. The lowest BCUT2D eigenvalue weighted by Crippen LogP contribution is -2.28. The van der Waals surface area contributed by atoms with Gasteiger partial charge in [0.15, 0.2) is 0 Å². The largest absolute Gasteiger partial charge is 0.408 e. The van der Waals surface area contributed by atoms with Crippen LogP contribution in [-0.2, 0) is 0 Å². The molecule has 3 N–H and O–H groups in total. The molecule has 1 aromatic rings. The van der Waals surface area contributed by atoms with Crippen LogP contribution in [0.15, 0.2) is 4.42 Å². The van der Waals surface area contributed by atoms with Gasteiger partial charge < -0.3 is 15.5 Å². The number of nitrogens with one attached hydrogen (secondary N) is 1. The molecule has 0 aliphatic carbocycles. The van der Waals surface area contributed by atoms with Gasteiger partial charge in [0.05, 0.1) is 0 Å². The summed E-state index contributed by atoms with van der Waals surface area (Å²) in [4.78, 5) is 0. The summed E-state index contributed by atoms with van der Waals surface area (Å²) >= 11 is 0. The number of anilines is 1. The standard InChI is InChI=1S/C7H12N4O/c8-7-11-10-6(12-7)5-2-1-3-9-4-5/h5,9H,1-4H2,(H2,8,11)/t5-/m0/s1. The number of hydrogen-bond acceptors (Lipinski definition) is 5. The molecule has 0 amide bonds. The Morgan fingerprint density at radius 1 is 1.50 bits per heavy atom. The van der Waals surface area contributed by atoms with E-state index in [1.165, 1.54) is 0 Å². The fraction of sp³-hybridized carbons (Fsp3) is 0.714. The third-order valence-electron chi connectivity index (χ3n) is 2.10. The van der Waals surface area contributed by atoms with Crippen LogP contribution < -0.4 is 11.1 Å². The SMILES string of the molecule is Nc1nnc([C@H]2CCCNC2)o1. The molecule has 5 nitrogen and oxygen atoms in total. The maximum Gasteiger partial charge on any atom is 0.312 e. The number of piperidine rings is 1. The van der Waals surface area contributed by atoms with Crippen molar-refractivity contribution in [2.75, 3.05) is 18.8 Å². The number of hydrogen-bond donors (Lipinski definition) is 2. The van der Waals surface area contributed by atoms with Gasteiger partial charge in [-0.2, -0.15) is 0 Å². The van der Waals surface area contributed by atoms with Crippen LogP contribution >= 0.6 is 0 Å². The molecule has 1 fully saturated rings. The minimum Gasteiger partial charge on any atom is -0.408 e. The topological polar surface area (TPSA) is 77.0 Å². The van der Waals surface area contributed by atoms with Crippen LogP contribution in [0.3, 0.4) is 0 Å². The first-order chi connectivity index (χ1) is 5.86. The molecule has 1 aliphatic rings. The third kappa shape index (κ3) is 1.40. The summed E-state index contributed by atoms with van der Waals surface area (Å²) in [6.45, 7) is 2.00. The van der Waals surface area contributed by atoms with Gasteiger partial charge in [0.2, 0.25) is 5.89 Å². The van der Waals surface area contributed by atoms with Crippen molar-refractivity contribution in [1.82, 2.24) is 15.5 Å². The minimum atomic E-state index is 0.163. The average molecular weight is 168 g/mol. The van der Waals surface area contributed by atoms with E-state index in [2.05, 4.69) is 15.5 Å². The highest BCUT2D eigenvalue weighted by Gasteiger charge is 2.20. The Bertz CT molecular complexity index is 254. The maximum atomic E-state index is 5.32. The predicted octanol–water partition coefficient (Wildman–Crippen LogP) is 0.119. The summed E-state index contributed by atoms with van der Waals surface area (Å²) in [5.74, 6) is 1.02. The van der Waals surface area contributed by atoms with Gasteiger partial charge in [-0.05, 0) is 19.4 Å². The van der Waals surface area contributed by atoms with Crippen molar-refractivity contribution in [3.05, 3.63) is 5.89 Å². The van der Waals surface area contributed by atoms with Crippen molar-refractivity contribution in [3.8, 4) is 0 Å². The van der Waals surface area contributed by atoms with Crippen molar-refractivity contribution in [2.45, 2.75) is 18.8 Å². The van der Waals surface area contributed by atoms with Gasteiger partial charge in [-0.15, -0.1) is 5.10 Å². The first-order valence-corrected chi connectivity index (χ1v) is 4.16. The number of nitrogens with zero attached hydrogens (tertiary/aromatic N) is 2. The molecule has 1 atom stereocenters. The lowest BCUT2D eigenvalue weighted by atomic mass is 10.00. The molecule has 12 heavy (non-hydrogen) atoms. The Morgan fingerprint density at radius 3 is 3.00 bits per heavy atom. The molecule has 2 rings (SSSR count). The van der Waals surface area contributed by atoms with Crippen molar-refractivity contribution >= 4 is 6.01 Å². The van der Waals surface area contributed by atoms with Gasteiger partial charge in [0, 0.05) is 12.5 Å². The van der Waals surface area contributed by atoms with Crippen molar-refractivity contribution < 1.29 is 4.42 Å². The van der Waals surface area contributed by atoms with Gasteiger partial charge >= 0.3 is 6.01 Å². The minimum absolute atomic E-state index is 0.163. The Balaban J connectivity index is 2.08. The Labute approximate surface area is 70.3 Å². The van der Waals surface area contributed by atoms with Crippen molar-refractivity contribution in [3.63, 3.8) is 0 Å². The summed E-state index contributed by atoms with van der Waals surface area (Å²) < 4.78 is 5.14. The van der Waals surface area contributed by atoms with Gasteiger partial charge in [0.25, 0.3) is 0 Å². The smallest absolute Gasteiger partial charge is 0.312 e. The molecule has 0 bridgehead atoms. The fourth-order valence-electron chi connectivity index (χ4n) is 1.47. The van der Waals surface area contributed by atoms with Crippen LogP contribution in [-0.4, -0.2) is 23.3 Å². The number of aromatic nitrogens is 2. The van der Waals surface area contributed by atoms with E-state index < -0.39 is 0 Å². The lowest BCUT2D eigenvalue weighted by molar-refractivity contribution is 0.382. The van der Waals surface area contributed by atoms with Crippen LogP contribution in [0.2, 0.25) is 0 Å². The summed E-state index contributed by atoms with van der Waals surface area (Å²) in [5, 5.41) is 10.8. The zero-order valence-corrected chi connectivity index (χ0v) is 6.79. The van der Waals surface area contributed by atoms with E-state index in [1.54, 1.807) is 0 Å². The van der Waals surface area contributed by atoms with Gasteiger partial charge in [-0.3, -0.25) is 0 Å². The molecule has 0 saturated carbocycles. The monoisotopic (exact) mass is 168 g/mol. The molecule has 0 unspecified atom stereocenters. The Hall–Kier alpha value is -1.10. The van der Waals surface area contributed by atoms with E-state index in [0.29, 0.717) is 11.8 Å². The quantitative estimate of drug-likeness (QED) is 0.622. The highest BCUT2D eigenvalue weighted by atomic mass is 16.4. The van der Waals surface area contributed by atoms with Gasteiger partial charge in [0.1, 0.15) is 0 Å². The van der Waals surface area contributed by atoms with E-state index in [0.717, 1.165) is 25.9 Å². The molecular formula is C7H12N4O. The molecule has 1 aliphatic heterocycles. The molecule has 0 spiro atoms. The highest BCUT2D eigenvalue weighted by molar-refractivity contribution is 5.07. The van der Waals surface area contributed by atoms with Crippen molar-refractivity contribution in [1.29, 1.82) is 0 Å². The highest BCUT2D eigenvalue weighted by Crippen LogP contribution is 2.21. The van der Waals surface area contributed by atoms with E-state index in [4.69, 9.17) is 10.2 Å². The summed E-state index contributed by atoms with van der Waals surface area (Å²) in [6.07, 6.45) is 2.27. The van der Waals surface area contributed by atoms with Crippen LogP contribution in [0.25, 0.3) is 0 Å². The number of nitrogen functional groups attached to an aromatic ring is 1. The third-order valence-corrected chi connectivity index (χ3v) is 2.10. The average Bonchev–Trinajstić information content (AvgIpc) is 2.54. The second kappa shape index (κ2) is 3.10. The second-order valence-corrected chi connectivity index (χ2v) is 3.02. The zero-order valence-electron chi connectivity index (χ0n) is 6.79. The van der Waals surface area contributed by atoms with Crippen LogP contribution in [0.5, 0.6) is 0 Å². The fourth-order valence-corrected chi connectivity index (χ4v) is 1.47. The van der Waals surface area contributed by atoms with Crippen molar-refractivity contribution in [2.24, 2.45) is 0 Å². The van der Waals surface area contributed by atoms with E-state index in [9.17, 15) is 0 Å². The molecule has 0 aromatic carbocycles. The van der Waals surface area contributed by atoms with Crippen LogP contribution in [0.4, 0.5) is 6.01 Å². The Morgan fingerprint density at radius 2 is 2.42 bits per heavy atom. The molecule has 66 valence electrons. The molecule has 1 aromatic heterocycles. The van der Waals surface area contributed by atoms with E-state index >= 15 is 0 Å². The lowest BCUT2D eigenvalue weighted by Gasteiger charge is -2.18. The van der Waals surface area contributed by atoms with E-state index in [1.807, 2.05) is 0 Å². The second-order valence-electron chi connectivity index (χ2n) is 3.02. The first kappa shape index (κ1) is 7.54. The molecular weight excluding hydrogens is 156 g/mol. The normalized spacial score (nSPS) is 24.2. The summed E-state index contributed by atoms with van der Waals surface area (Å²) in [6, 6.07) is 0.163. The first-order valence-electron chi connectivity index (χ1n) is 4.16. The van der Waals surface area contributed by atoms with E-state index in [-0.39, 0.29) is 6.01 Å².